The summed E-state index contributed by atoms with van der Waals surface area (Å²) in [6.07, 6.45) is 0.453. The Morgan fingerprint density at radius 2 is 1.81 bits per heavy atom. The SMILES string of the molecule is CCC(C)[C@@](C)(C(=O)O)c1c(C)n(C(=O)c2ccc(Cl)cc2)c2cc(F)c(O)c(F)c12. The highest BCUT2D eigenvalue weighted by atomic mass is 35.5. The minimum Gasteiger partial charge on any atom is -0.503 e. The van der Waals surface area contributed by atoms with Crippen molar-refractivity contribution in [3.8, 4) is 5.75 Å². The third-order valence-electron chi connectivity index (χ3n) is 6.22. The molecule has 1 unspecified atom stereocenters. The zero-order valence-corrected chi connectivity index (χ0v) is 18.2. The summed E-state index contributed by atoms with van der Waals surface area (Å²) in [6, 6.07) is 6.78. The molecule has 0 radical (unpaired) electrons. The lowest BCUT2D eigenvalue weighted by molar-refractivity contribution is -0.145. The highest BCUT2D eigenvalue weighted by Gasteiger charge is 2.45. The van der Waals surface area contributed by atoms with Crippen LogP contribution in [0.4, 0.5) is 8.78 Å². The molecule has 164 valence electrons. The second-order valence-electron chi connectivity index (χ2n) is 7.84. The van der Waals surface area contributed by atoms with Crippen LogP contribution < -0.4 is 0 Å². The number of nitrogens with zero attached hydrogens (tertiary/aromatic N) is 1. The van der Waals surface area contributed by atoms with E-state index >= 15 is 4.39 Å². The molecule has 0 fully saturated rings. The third-order valence-corrected chi connectivity index (χ3v) is 6.47. The molecule has 0 saturated heterocycles. The van der Waals surface area contributed by atoms with Gasteiger partial charge in [-0.1, -0.05) is 31.9 Å². The Kier molecular flexibility index (Phi) is 5.84. The van der Waals surface area contributed by atoms with Gasteiger partial charge in [-0.25, -0.2) is 8.78 Å². The molecule has 0 aliphatic carbocycles. The second kappa shape index (κ2) is 7.96. The number of aromatic nitrogens is 1. The fraction of sp³-hybridized carbons (Fsp3) is 0.304. The second-order valence-corrected chi connectivity index (χ2v) is 8.28. The van der Waals surface area contributed by atoms with Crippen LogP contribution in [0.5, 0.6) is 5.75 Å². The van der Waals surface area contributed by atoms with E-state index in [2.05, 4.69) is 0 Å². The number of carboxylic acids is 1. The zero-order valence-electron chi connectivity index (χ0n) is 17.5. The molecule has 5 nitrogen and oxygen atoms in total. The molecule has 1 heterocycles. The van der Waals surface area contributed by atoms with Crippen LogP contribution in [0.1, 0.15) is 48.8 Å². The van der Waals surface area contributed by atoms with E-state index in [-0.39, 0.29) is 27.7 Å². The summed E-state index contributed by atoms with van der Waals surface area (Å²) in [4.78, 5) is 25.7. The minimum absolute atomic E-state index is 0.0273. The van der Waals surface area contributed by atoms with E-state index in [0.717, 1.165) is 10.6 Å². The van der Waals surface area contributed by atoms with Crippen LogP contribution in [-0.4, -0.2) is 26.7 Å². The summed E-state index contributed by atoms with van der Waals surface area (Å²) in [6.45, 7) is 6.44. The number of benzene rings is 2. The average Bonchev–Trinajstić information content (AvgIpc) is 3.02. The summed E-state index contributed by atoms with van der Waals surface area (Å²) in [7, 11) is 0. The van der Waals surface area contributed by atoms with Gasteiger partial charge in [-0.3, -0.25) is 14.2 Å². The van der Waals surface area contributed by atoms with Gasteiger partial charge in [-0.2, -0.15) is 0 Å². The van der Waals surface area contributed by atoms with E-state index in [1.54, 1.807) is 13.8 Å². The molecule has 0 spiro atoms. The third kappa shape index (κ3) is 3.37. The number of hydrogen-bond acceptors (Lipinski definition) is 3. The first-order chi connectivity index (χ1) is 14.5. The van der Waals surface area contributed by atoms with E-state index in [4.69, 9.17) is 11.6 Å². The van der Waals surface area contributed by atoms with Crippen LogP contribution in [0, 0.1) is 24.5 Å². The van der Waals surface area contributed by atoms with Crippen molar-refractivity contribution < 1.29 is 28.6 Å². The molecule has 0 aliphatic heterocycles. The Labute approximate surface area is 182 Å². The van der Waals surface area contributed by atoms with E-state index in [0.29, 0.717) is 11.4 Å². The van der Waals surface area contributed by atoms with Gasteiger partial charge in [0.05, 0.1) is 10.9 Å². The van der Waals surface area contributed by atoms with Crippen molar-refractivity contribution in [2.45, 2.75) is 39.5 Å². The molecular formula is C23H22ClF2NO4. The van der Waals surface area contributed by atoms with Gasteiger partial charge in [0, 0.05) is 33.3 Å². The van der Waals surface area contributed by atoms with Crippen molar-refractivity contribution in [3.05, 3.63) is 63.8 Å². The Morgan fingerprint density at radius 3 is 2.32 bits per heavy atom. The average molecular weight is 450 g/mol. The van der Waals surface area contributed by atoms with Crippen LogP contribution >= 0.6 is 11.6 Å². The van der Waals surface area contributed by atoms with Crippen LogP contribution in [0.15, 0.2) is 30.3 Å². The molecule has 3 rings (SSSR count). The summed E-state index contributed by atoms with van der Waals surface area (Å²) in [5, 5.41) is 20.1. The Hall–Kier alpha value is -2.93. The monoisotopic (exact) mass is 449 g/mol. The number of rotatable bonds is 5. The number of phenols is 1. The zero-order chi connectivity index (χ0) is 23.2. The number of aromatic hydroxyl groups is 1. The van der Waals surface area contributed by atoms with Gasteiger partial charge >= 0.3 is 5.97 Å². The first-order valence-corrected chi connectivity index (χ1v) is 10.1. The molecule has 0 aliphatic rings. The van der Waals surface area contributed by atoms with Crippen molar-refractivity contribution in [2.24, 2.45) is 5.92 Å². The number of phenolic OH excluding ortho intramolecular Hbond substituents is 1. The molecule has 2 N–H and O–H groups in total. The number of carbonyl (C=O) groups excluding carboxylic acids is 1. The molecule has 0 bridgehead atoms. The van der Waals surface area contributed by atoms with Crippen LogP contribution in [0.2, 0.25) is 5.02 Å². The quantitative estimate of drug-likeness (QED) is 0.526. The molecule has 0 amide bonds. The minimum atomic E-state index is -1.60. The van der Waals surface area contributed by atoms with Gasteiger partial charge in [0.1, 0.15) is 0 Å². The fourth-order valence-electron chi connectivity index (χ4n) is 4.07. The number of fused-ring (bicyclic) bond motifs is 1. The summed E-state index contributed by atoms with van der Waals surface area (Å²) >= 11 is 5.89. The molecule has 3 aromatic rings. The summed E-state index contributed by atoms with van der Waals surface area (Å²) < 4.78 is 30.5. The molecule has 8 heteroatoms. The largest absolute Gasteiger partial charge is 0.503 e. The Balaban J connectivity index is 2.48. The van der Waals surface area contributed by atoms with Crippen molar-refractivity contribution in [2.75, 3.05) is 0 Å². The van der Waals surface area contributed by atoms with Gasteiger partial charge in [0.2, 0.25) is 0 Å². The number of hydrogen-bond donors (Lipinski definition) is 2. The normalized spacial score (nSPS) is 14.4. The maximum absolute atomic E-state index is 15.2. The molecule has 31 heavy (non-hydrogen) atoms. The van der Waals surface area contributed by atoms with Gasteiger partial charge in [0.15, 0.2) is 17.4 Å². The van der Waals surface area contributed by atoms with E-state index in [9.17, 15) is 24.2 Å². The van der Waals surface area contributed by atoms with Gasteiger partial charge in [0.25, 0.3) is 5.91 Å². The number of carbonyl (C=O) groups is 2. The molecular weight excluding hydrogens is 428 g/mol. The molecule has 0 saturated carbocycles. The van der Waals surface area contributed by atoms with Gasteiger partial charge in [-0.15, -0.1) is 0 Å². The lowest BCUT2D eigenvalue weighted by Gasteiger charge is -2.32. The fourth-order valence-corrected chi connectivity index (χ4v) is 4.20. The van der Waals surface area contributed by atoms with Crippen LogP contribution in [-0.2, 0) is 10.2 Å². The lowest BCUT2D eigenvalue weighted by Crippen LogP contribution is -2.39. The summed E-state index contributed by atoms with van der Waals surface area (Å²) in [5.41, 5.74) is -1.38. The first-order valence-electron chi connectivity index (χ1n) is 9.72. The van der Waals surface area contributed by atoms with E-state index in [1.807, 2.05) is 0 Å². The highest BCUT2D eigenvalue weighted by molar-refractivity contribution is 6.30. The Morgan fingerprint density at radius 1 is 1.23 bits per heavy atom. The summed E-state index contributed by atoms with van der Waals surface area (Å²) in [5.74, 6) is -6.05. The van der Waals surface area contributed by atoms with E-state index < -0.39 is 40.6 Å². The van der Waals surface area contributed by atoms with E-state index in [1.165, 1.54) is 38.1 Å². The topological polar surface area (TPSA) is 79.5 Å². The number of carboxylic acid groups (broad SMARTS) is 1. The number of halogens is 3. The predicted octanol–water partition coefficient (Wildman–Crippen LogP) is 5.66. The predicted molar refractivity (Wildman–Crippen MR) is 114 cm³/mol. The van der Waals surface area contributed by atoms with Gasteiger partial charge < -0.3 is 10.2 Å². The van der Waals surface area contributed by atoms with Crippen molar-refractivity contribution in [1.82, 2.24) is 4.57 Å². The maximum atomic E-state index is 15.2. The first kappa shape index (κ1) is 22.7. The van der Waals surface area contributed by atoms with Crippen molar-refractivity contribution >= 4 is 34.4 Å². The van der Waals surface area contributed by atoms with Crippen LogP contribution in [0.25, 0.3) is 10.9 Å². The highest BCUT2D eigenvalue weighted by Crippen LogP contribution is 2.45. The van der Waals surface area contributed by atoms with Gasteiger partial charge in [-0.05, 0) is 44.0 Å². The smallest absolute Gasteiger partial charge is 0.314 e. The number of aliphatic carboxylic acids is 1. The molecule has 2 aromatic carbocycles. The standard InChI is InChI=1S/C23H22ClF2NO4/c1-5-11(2)23(4,22(30)31)18-12(3)27(21(29)13-6-8-14(24)9-7-13)16-10-15(25)20(28)19(26)17(16)18/h6-11,28H,5H2,1-4H3,(H,30,31)/t11?,23-/m1/s1. The van der Waals surface area contributed by atoms with Crippen molar-refractivity contribution in [3.63, 3.8) is 0 Å². The van der Waals surface area contributed by atoms with Crippen LogP contribution in [0.3, 0.4) is 0 Å². The Bertz CT molecular complexity index is 1200. The molecule has 1 aromatic heterocycles. The van der Waals surface area contributed by atoms with Crippen molar-refractivity contribution in [1.29, 1.82) is 0 Å². The lowest BCUT2D eigenvalue weighted by atomic mass is 9.70. The maximum Gasteiger partial charge on any atom is 0.314 e. The molecule has 2 atom stereocenters.